The van der Waals surface area contributed by atoms with Gasteiger partial charge in [-0.05, 0) is 55.9 Å². The van der Waals surface area contributed by atoms with E-state index >= 15 is 0 Å². The summed E-state index contributed by atoms with van der Waals surface area (Å²) >= 11 is 0. The number of halogens is 1. The SMILES string of the molecule is Cc1ccc(F)c(S(=O)(=O)C[C@H]2CC[C@@H](c3nnc4cnc5[nH]ccc5n34)C2)c1. The van der Waals surface area contributed by atoms with Crippen molar-refractivity contribution in [2.45, 2.75) is 37.0 Å². The summed E-state index contributed by atoms with van der Waals surface area (Å²) in [5, 5.41) is 8.60. The molecule has 1 N–H and O–H groups in total. The summed E-state index contributed by atoms with van der Waals surface area (Å²) in [7, 11) is -3.69. The molecule has 29 heavy (non-hydrogen) atoms. The van der Waals surface area contributed by atoms with Gasteiger partial charge in [0.05, 0.1) is 17.5 Å². The van der Waals surface area contributed by atoms with Crippen molar-refractivity contribution in [3.63, 3.8) is 0 Å². The zero-order valence-electron chi connectivity index (χ0n) is 15.8. The Morgan fingerprint density at radius 1 is 1.24 bits per heavy atom. The Bertz CT molecular complexity index is 1330. The van der Waals surface area contributed by atoms with E-state index in [2.05, 4.69) is 20.2 Å². The lowest BCUT2D eigenvalue weighted by Gasteiger charge is -2.12. The molecule has 2 atom stereocenters. The molecule has 0 bridgehead atoms. The quantitative estimate of drug-likeness (QED) is 0.553. The Labute approximate surface area is 166 Å². The maximum absolute atomic E-state index is 14.1. The maximum Gasteiger partial charge on any atom is 0.181 e. The second-order valence-electron chi connectivity index (χ2n) is 7.81. The van der Waals surface area contributed by atoms with E-state index < -0.39 is 15.7 Å². The lowest BCUT2D eigenvalue weighted by atomic mass is 10.1. The van der Waals surface area contributed by atoms with Gasteiger partial charge < -0.3 is 4.98 Å². The minimum absolute atomic E-state index is 0.0409. The monoisotopic (exact) mass is 413 g/mol. The molecule has 0 spiro atoms. The molecular weight excluding hydrogens is 393 g/mol. The molecule has 3 aromatic heterocycles. The van der Waals surface area contributed by atoms with Crippen LogP contribution < -0.4 is 0 Å². The van der Waals surface area contributed by atoms with Crippen molar-refractivity contribution in [1.82, 2.24) is 24.6 Å². The van der Waals surface area contributed by atoms with Crippen LogP contribution in [0, 0.1) is 18.7 Å². The van der Waals surface area contributed by atoms with Crippen LogP contribution >= 0.6 is 0 Å². The van der Waals surface area contributed by atoms with Crippen LogP contribution in [-0.4, -0.2) is 38.7 Å². The van der Waals surface area contributed by atoms with Crippen molar-refractivity contribution in [3.8, 4) is 0 Å². The number of sulfone groups is 1. The summed E-state index contributed by atoms with van der Waals surface area (Å²) in [4.78, 5) is 7.21. The maximum atomic E-state index is 14.1. The van der Waals surface area contributed by atoms with Crippen molar-refractivity contribution >= 4 is 26.6 Å². The van der Waals surface area contributed by atoms with Gasteiger partial charge in [-0.3, -0.25) is 4.40 Å². The number of H-pyrrole nitrogens is 1. The van der Waals surface area contributed by atoms with E-state index in [4.69, 9.17) is 0 Å². The van der Waals surface area contributed by atoms with Crippen LogP contribution in [0.4, 0.5) is 4.39 Å². The van der Waals surface area contributed by atoms with Gasteiger partial charge in [0.2, 0.25) is 0 Å². The molecule has 9 heteroatoms. The first-order valence-electron chi connectivity index (χ1n) is 9.58. The van der Waals surface area contributed by atoms with Gasteiger partial charge in [0.25, 0.3) is 0 Å². The van der Waals surface area contributed by atoms with Crippen LogP contribution in [0.15, 0.2) is 41.6 Å². The zero-order valence-corrected chi connectivity index (χ0v) is 16.7. The normalized spacial score (nSPS) is 20.1. The smallest absolute Gasteiger partial charge is 0.181 e. The van der Waals surface area contributed by atoms with E-state index in [9.17, 15) is 12.8 Å². The average molecular weight is 413 g/mol. The molecule has 3 heterocycles. The second kappa shape index (κ2) is 6.62. The van der Waals surface area contributed by atoms with Crippen molar-refractivity contribution in [1.29, 1.82) is 0 Å². The van der Waals surface area contributed by atoms with Crippen molar-refractivity contribution in [3.05, 3.63) is 53.9 Å². The number of hydrogen-bond acceptors (Lipinski definition) is 5. The van der Waals surface area contributed by atoms with E-state index in [0.29, 0.717) is 12.1 Å². The Kier molecular flexibility index (Phi) is 4.16. The van der Waals surface area contributed by atoms with Crippen LogP contribution in [0.2, 0.25) is 0 Å². The van der Waals surface area contributed by atoms with E-state index in [1.54, 1.807) is 19.2 Å². The van der Waals surface area contributed by atoms with Gasteiger partial charge in [-0.15, -0.1) is 10.2 Å². The number of nitrogens with one attached hydrogen (secondary N) is 1. The molecule has 1 aliphatic rings. The number of fused-ring (bicyclic) bond motifs is 3. The lowest BCUT2D eigenvalue weighted by molar-refractivity contribution is 0.538. The molecule has 1 fully saturated rings. The largest absolute Gasteiger partial charge is 0.345 e. The molecule has 0 amide bonds. The molecular formula is C20H20FN5O2S. The molecule has 0 saturated heterocycles. The molecule has 1 saturated carbocycles. The number of aromatic amines is 1. The summed E-state index contributed by atoms with van der Waals surface area (Å²) in [5.41, 5.74) is 3.06. The fourth-order valence-corrected chi connectivity index (χ4v) is 6.21. The molecule has 1 aromatic carbocycles. The third-order valence-corrected chi connectivity index (χ3v) is 7.64. The van der Waals surface area contributed by atoms with E-state index in [-0.39, 0.29) is 22.5 Å². The number of benzene rings is 1. The van der Waals surface area contributed by atoms with Crippen molar-refractivity contribution in [2.75, 3.05) is 5.75 Å². The lowest BCUT2D eigenvalue weighted by Crippen LogP contribution is -2.16. The second-order valence-corrected chi connectivity index (χ2v) is 9.82. The Morgan fingerprint density at radius 2 is 2.10 bits per heavy atom. The number of aryl methyl sites for hydroxylation is 1. The first kappa shape index (κ1) is 18.2. The third-order valence-electron chi connectivity index (χ3n) is 5.75. The van der Waals surface area contributed by atoms with Crippen molar-refractivity contribution in [2.24, 2.45) is 5.92 Å². The highest BCUT2D eigenvalue weighted by molar-refractivity contribution is 7.91. The number of aromatic nitrogens is 5. The highest BCUT2D eigenvalue weighted by atomic mass is 32.2. The number of nitrogens with zero attached hydrogens (tertiary/aromatic N) is 4. The predicted molar refractivity (Wildman–Crippen MR) is 106 cm³/mol. The number of rotatable bonds is 4. The average Bonchev–Trinajstić information content (AvgIpc) is 3.40. The zero-order chi connectivity index (χ0) is 20.2. The summed E-state index contributed by atoms with van der Waals surface area (Å²) in [6.07, 6.45) is 5.76. The van der Waals surface area contributed by atoms with E-state index in [1.807, 2.05) is 16.7 Å². The van der Waals surface area contributed by atoms with Gasteiger partial charge in [-0.1, -0.05) is 6.07 Å². The van der Waals surface area contributed by atoms with Gasteiger partial charge in [0.15, 0.2) is 21.1 Å². The molecule has 0 radical (unpaired) electrons. The van der Waals surface area contributed by atoms with E-state index in [1.165, 1.54) is 12.1 Å². The van der Waals surface area contributed by atoms with Crippen LogP contribution in [0.3, 0.4) is 0 Å². The molecule has 7 nitrogen and oxygen atoms in total. The summed E-state index contributed by atoms with van der Waals surface area (Å²) in [6, 6.07) is 6.14. The Balaban J connectivity index is 1.41. The summed E-state index contributed by atoms with van der Waals surface area (Å²) in [5.74, 6) is 0.153. The minimum Gasteiger partial charge on any atom is -0.345 e. The third kappa shape index (κ3) is 3.09. The van der Waals surface area contributed by atoms with Gasteiger partial charge in [-0.2, -0.15) is 0 Å². The highest BCUT2D eigenvalue weighted by Gasteiger charge is 2.33. The predicted octanol–water partition coefficient (Wildman–Crippen LogP) is 3.41. The highest BCUT2D eigenvalue weighted by Crippen LogP contribution is 2.39. The molecule has 150 valence electrons. The van der Waals surface area contributed by atoms with Gasteiger partial charge in [0, 0.05) is 12.1 Å². The molecule has 0 unspecified atom stereocenters. The molecule has 5 rings (SSSR count). The standard InChI is InChI=1S/C20H20FN5O2S/c1-12-2-5-15(21)17(8-12)29(27,28)11-13-3-4-14(9-13)20-25-24-18-10-23-19-16(26(18)20)6-7-22-19/h2,5-8,10,13-14,22H,3-4,9,11H2,1H3/t13-,14+/m0/s1. The molecule has 1 aliphatic carbocycles. The first-order valence-corrected chi connectivity index (χ1v) is 11.2. The van der Waals surface area contributed by atoms with Crippen LogP contribution in [0.1, 0.15) is 36.6 Å². The molecule has 0 aliphatic heterocycles. The summed E-state index contributed by atoms with van der Waals surface area (Å²) in [6.45, 7) is 1.76. The van der Waals surface area contributed by atoms with Gasteiger partial charge in [0.1, 0.15) is 16.5 Å². The Morgan fingerprint density at radius 3 is 2.97 bits per heavy atom. The van der Waals surface area contributed by atoms with Crippen LogP contribution in [0.25, 0.3) is 16.8 Å². The van der Waals surface area contributed by atoms with E-state index in [0.717, 1.165) is 35.4 Å². The minimum atomic E-state index is -3.69. The fraction of sp³-hybridized carbons (Fsp3) is 0.350. The van der Waals surface area contributed by atoms with Gasteiger partial charge in [-0.25, -0.2) is 17.8 Å². The Hall–Kier alpha value is -2.81. The molecule has 4 aromatic rings. The summed E-state index contributed by atoms with van der Waals surface area (Å²) < 4.78 is 41.8. The number of hydrogen-bond donors (Lipinski definition) is 1. The fourth-order valence-electron chi connectivity index (χ4n) is 4.37. The van der Waals surface area contributed by atoms with Crippen molar-refractivity contribution < 1.29 is 12.8 Å². The topological polar surface area (TPSA) is 93.0 Å². The van der Waals surface area contributed by atoms with Gasteiger partial charge >= 0.3 is 0 Å². The van der Waals surface area contributed by atoms with Crippen LogP contribution in [0.5, 0.6) is 0 Å². The van der Waals surface area contributed by atoms with Crippen LogP contribution in [-0.2, 0) is 9.84 Å². The first-order chi connectivity index (χ1) is 13.9.